The van der Waals surface area contributed by atoms with Crippen molar-refractivity contribution in [3.63, 3.8) is 0 Å². The molecule has 1 amide bonds. The third-order valence-electron chi connectivity index (χ3n) is 4.25. The van der Waals surface area contributed by atoms with Gasteiger partial charge in [0.25, 0.3) is 0 Å². The molecule has 0 heterocycles. The molecule has 0 atom stereocenters. The molecule has 27 heavy (non-hydrogen) atoms. The first-order valence-corrected chi connectivity index (χ1v) is 9.35. The Morgan fingerprint density at radius 3 is 2.63 bits per heavy atom. The maximum absolute atomic E-state index is 12.4. The molecule has 0 aliphatic heterocycles. The second-order valence-corrected chi connectivity index (χ2v) is 6.78. The van der Waals surface area contributed by atoms with Gasteiger partial charge in [-0.15, -0.1) is 0 Å². The van der Waals surface area contributed by atoms with Gasteiger partial charge in [-0.3, -0.25) is 4.79 Å². The zero-order valence-electron chi connectivity index (χ0n) is 16.8. The van der Waals surface area contributed by atoms with Crippen molar-refractivity contribution in [1.29, 1.82) is 0 Å². The zero-order valence-corrected chi connectivity index (χ0v) is 16.8. The largest absolute Gasteiger partial charge is 0.493 e. The van der Waals surface area contributed by atoms with Crippen molar-refractivity contribution >= 4 is 17.7 Å². The first kappa shape index (κ1) is 20.6. The predicted molar refractivity (Wildman–Crippen MR) is 112 cm³/mol. The normalized spacial score (nSPS) is 11.0. The van der Waals surface area contributed by atoms with Crippen LogP contribution in [0.4, 0.5) is 5.69 Å². The highest BCUT2D eigenvalue weighted by atomic mass is 16.5. The van der Waals surface area contributed by atoms with E-state index < -0.39 is 0 Å². The van der Waals surface area contributed by atoms with Crippen LogP contribution in [-0.2, 0) is 4.79 Å². The van der Waals surface area contributed by atoms with Gasteiger partial charge in [0.15, 0.2) is 11.5 Å². The fourth-order valence-corrected chi connectivity index (χ4v) is 2.80. The van der Waals surface area contributed by atoms with Crippen molar-refractivity contribution in [1.82, 2.24) is 0 Å². The highest BCUT2D eigenvalue weighted by Gasteiger charge is 2.11. The van der Waals surface area contributed by atoms with Gasteiger partial charge in [0.2, 0.25) is 5.91 Å². The van der Waals surface area contributed by atoms with Gasteiger partial charge < -0.3 is 14.8 Å². The molecule has 0 spiro atoms. The Labute approximate surface area is 162 Å². The minimum Gasteiger partial charge on any atom is -0.493 e. The van der Waals surface area contributed by atoms with Gasteiger partial charge in [-0.1, -0.05) is 45.0 Å². The number of rotatable bonds is 8. The number of carbonyl (C=O) groups excluding carboxylic acids is 1. The summed E-state index contributed by atoms with van der Waals surface area (Å²) in [5.74, 6) is 1.55. The predicted octanol–water partition coefficient (Wildman–Crippen LogP) is 5.57. The van der Waals surface area contributed by atoms with Gasteiger partial charge in [0.05, 0.1) is 13.7 Å². The van der Waals surface area contributed by atoms with Crippen LogP contribution in [0.15, 0.2) is 42.5 Å². The second kappa shape index (κ2) is 9.81. The molecule has 0 aliphatic carbocycles. The van der Waals surface area contributed by atoms with Crippen LogP contribution in [0, 0.1) is 6.92 Å². The number of amides is 1. The Bertz CT molecular complexity index is 809. The van der Waals surface area contributed by atoms with E-state index in [4.69, 9.17) is 9.47 Å². The molecule has 2 aromatic carbocycles. The van der Waals surface area contributed by atoms with E-state index in [1.54, 1.807) is 13.2 Å². The maximum Gasteiger partial charge on any atom is 0.248 e. The SMILES string of the molecule is CCCOc1ccc(/C=C\C(=O)Nc2c(C)cccc2C(C)C)cc1OC. The summed E-state index contributed by atoms with van der Waals surface area (Å²) in [5.41, 5.74) is 3.96. The lowest BCUT2D eigenvalue weighted by Crippen LogP contribution is -2.11. The van der Waals surface area contributed by atoms with E-state index in [9.17, 15) is 4.79 Å². The van der Waals surface area contributed by atoms with E-state index in [2.05, 4.69) is 32.2 Å². The molecule has 144 valence electrons. The lowest BCUT2D eigenvalue weighted by molar-refractivity contribution is -0.111. The summed E-state index contributed by atoms with van der Waals surface area (Å²) in [6, 6.07) is 11.7. The Hall–Kier alpha value is -2.75. The summed E-state index contributed by atoms with van der Waals surface area (Å²) < 4.78 is 11.0. The van der Waals surface area contributed by atoms with E-state index in [0.29, 0.717) is 24.0 Å². The van der Waals surface area contributed by atoms with Crippen LogP contribution in [0.1, 0.15) is 49.8 Å². The summed E-state index contributed by atoms with van der Waals surface area (Å²) in [5, 5.41) is 3.02. The van der Waals surface area contributed by atoms with Gasteiger partial charge >= 0.3 is 0 Å². The first-order valence-electron chi connectivity index (χ1n) is 9.35. The molecule has 4 heteroatoms. The topological polar surface area (TPSA) is 47.6 Å². The summed E-state index contributed by atoms with van der Waals surface area (Å²) in [7, 11) is 1.61. The number of anilines is 1. The molecule has 0 aromatic heterocycles. The molecule has 0 radical (unpaired) electrons. The molecule has 2 rings (SSSR count). The van der Waals surface area contributed by atoms with Gasteiger partial charge in [-0.25, -0.2) is 0 Å². The lowest BCUT2D eigenvalue weighted by atomic mass is 9.98. The molecule has 4 nitrogen and oxygen atoms in total. The van der Waals surface area contributed by atoms with E-state index in [0.717, 1.165) is 28.8 Å². The van der Waals surface area contributed by atoms with E-state index >= 15 is 0 Å². The number of carbonyl (C=O) groups is 1. The van der Waals surface area contributed by atoms with Crippen molar-refractivity contribution in [3.8, 4) is 11.5 Å². The van der Waals surface area contributed by atoms with Gasteiger partial charge in [-0.2, -0.15) is 0 Å². The van der Waals surface area contributed by atoms with Crippen molar-refractivity contribution in [2.45, 2.75) is 40.0 Å². The molecular formula is C23H29NO3. The van der Waals surface area contributed by atoms with Crippen molar-refractivity contribution < 1.29 is 14.3 Å². The summed E-state index contributed by atoms with van der Waals surface area (Å²) >= 11 is 0. The molecule has 0 saturated heterocycles. The smallest absolute Gasteiger partial charge is 0.248 e. The number of aryl methyl sites for hydroxylation is 1. The lowest BCUT2D eigenvalue weighted by Gasteiger charge is -2.15. The fourth-order valence-electron chi connectivity index (χ4n) is 2.80. The molecule has 1 N–H and O–H groups in total. The third-order valence-corrected chi connectivity index (χ3v) is 4.25. The molecule has 0 fully saturated rings. The first-order chi connectivity index (χ1) is 13.0. The highest BCUT2D eigenvalue weighted by molar-refractivity contribution is 6.02. The Balaban J connectivity index is 2.13. The quantitative estimate of drug-likeness (QED) is 0.621. The number of ether oxygens (including phenoxy) is 2. The fraction of sp³-hybridized carbons (Fsp3) is 0.348. The number of benzene rings is 2. The van der Waals surface area contributed by atoms with Gasteiger partial charge in [-0.05, 0) is 54.2 Å². The average molecular weight is 367 g/mol. The monoisotopic (exact) mass is 367 g/mol. The number of para-hydroxylation sites is 1. The number of hydrogen-bond acceptors (Lipinski definition) is 3. The van der Waals surface area contributed by atoms with Crippen LogP contribution >= 0.6 is 0 Å². The third kappa shape index (κ3) is 5.61. The zero-order chi connectivity index (χ0) is 19.8. The van der Waals surface area contributed by atoms with E-state index in [1.165, 1.54) is 6.08 Å². The van der Waals surface area contributed by atoms with Crippen LogP contribution in [0.5, 0.6) is 11.5 Å². The van der Waals surface area contributed by atoms with Crippen LogP contribution < -0.4 is 14.8 Å². The van der Waals surface area contributed by atoms with Crippen LogP contribution in [0.3, 0.4) is 0 Å². The Morgan fingerprint density at radius 2 is 1.96 bits per heavy atom. The second-order valence-electron chi connectivity index (χ2n) is 6.78. The Kier molecular flexibility index (Phi) is 7.47. The van der Waals surface area contributed by atoms with E-state index in [1.807, 2.05) is 37.3 Å². The number of hydrogen-bond donors (Lipinski definition) is 1. The van der Waals surface area contributed by atoms with Gasteiger partial charge in [0, 0.05) is 11.8 Å². The van der Waals surface area contributed by atoms with Gasteiger partial charge in [0.1, 0.15) is 0 Å². The molecule has 0 aliphatic rings. The highest BCUT2D eigenvalue weighted by Crippen LogP contribution is 2.29. The van der Waals surface area contributed by atoms with Crippen LogP contribution in [0.25, 0.3) is 6.08 Å². The molecule has 2 aromatic rings. The van der Waals surface area contributed by atoms with Crippen molar-refractivity contribution in [2.24, 2.45) is 0 Å². The van der Waals surface area contributed by atoms with Crippen molar-refractivity contribution in [2.75, 3.05) is 19.0 Å². The average Bonchev–Trinajstić information content (AvgIpc) is 2.66. The van der Waals surface area contributed by atoms with E-state index in [-0.39, 0.29) is 5.91 Å². The standard InChI is InChI=1S/C23H29NO3/c1-6-14-27-20-12-10-18(15-21(20)26-5)11-13-22(25)24-23-17(4)8-7-9-19(23)16(2)3/h7-13,15-16H,6,14H2,1-5H3,(H,24,25)/b13-11-. The minimum atomic E-state index is -0.156. The molecular weight excluding hydrogens is 338 g/mol. The molecule has 0 saturated carbocycles. The van der Waals surface area contributed by atoms with Crippen LogP contribution in [-0.4, -0.2) is 19.6 Å². The summed E-state index contributed by atoms with van der Waals surface area (Å²) in [4.78, 5) is 12.4. The summed E-state index contributed by atoms with van der Waals surface area (Å²) in [6.07, 6.45) is 4.24. The molecule has 0 bridgehead atoms. The molecule has 0 unspecified atom stereocenters. The summed E-state index contributed by atoms with van der Waals surface area (Å²) in [6.45, 7) is 8.94. The number of nitrogens with one attached hydrogen (secondary N) is 1. The number of methoxy groups -OCH3 is 1. The maximum atomic E-state index is 12.4. The van der Waals surface area contributed by atoms with Crippen LogP contribution in [0.2, 0.25) is 0 Å². The minimum absolute atomic E-state index is 0.156. The van der Waals surface area contributed by atoms with Crippen molar-refractivity contribution in [3.05, 3.63) is 59.2 Å². The Morgan fingerprint density at radius 1 is 1.19 bits per heavy atom.